The first kappa shape index (κ1) is 10.2. The molecular weight excluding hydrogens is 186 g/mol. The molecule has 0 bridgehead atoms. The van der Waals surface area contributed by atoms with E-state index in [1.807, 2.05) is 0 Å². The number of aromatic nitrogens is 2. The fourth-order valence-corrected chi connectivity index (χ4v) is 0.836. The summed E-state index contributed by atoms with van der Waals surface area (Å²) in [7, 11) is 0. The summed E-state index contributed by atoms with van der Waals surface area (Å²) in [6, 6.07) is 0. The van der Waals surface area contributed by atoms with Crippen molar-refractivity contribution in [3.63, 3.8) is 0 Å². The third-order valence-electron chi connectivity index (χ3n) is 1.32. The van der Waals surface area contributed by atoms with Crippen molar-refractivity contribution in [2.75, 3.05) is 0 Å². The van der Waals surface area contributed by atoms with Gasteiger partial charge in [-0.25, -0.2) is 4.98 Å². The Balaban J connectivity index is 2.94. The summed E-state index contributed by atoms with van der Waals surface area (Å²) < 4.78 is 5.14. The van der Waals surface area contributed by atoms with Crippen LogP contribution in [0, 0.1) is 0 Å². The van der Waals surface area contributed by atoms with E-state index >= 15 is 0 Å². The molecule has 0 fully saturated rings. The summed E-state index contributed by atoms with van der Waals surface area (Å²) in [5, 5.41) is 9.22. The summed E-state index contributed by atoms with van der Waals surface area (Å²) in [6.07, 6.45) is 1.16. The standard InChI is InChI=1S/C8H11N3O3/c1-4(2)14-5-3-10-6(7(9)12)8(13)11-5/h3-4H,1-2H3,(H2,9,12)(H,11,13). The number of primary amides is 1. The molecule has 0 saturated carbocycles. The van der Waals surface area contributed by atoms with Gasteiger partial charge in [0.2, 0.25) is 11.8 Å². The molecule has 0 saturated heterocycles. The van der Waals surface area contributed by atoms with Crippen molar-refractivity contribution >= 4 is 5.91 Å². The van der Waals surface area contributed by atoms with Crippen molar-refractivity contribution in [2.45, 2.75) is 20.0 Å². The molecule has 0 aliphatic rings. The highest BCUT2D eigenvalue weighted by Crippen LogP contribution is 2.15. The summed E-state index contributed by atoms with van der Waals surface area (Å²) in [4.78, 5) is 17.9. The molecule has 0 radical (unpaired) electrons. The normalized spacial score (nSPS) is 10.2. The highest BCUT2D eigenvalue weighted by molar-refractivity contribution is 5.92. The Kier molecular flexibility index (Phi) is 2.85. The van der Waals surface area contributed by atoms with Gasteiger partial charge in [0.25, 0.3) is 5.91 Å². The Morgan fingerprint density at radius 2 is 2.29 bits per heavy atom. The molecule has 3 N–H and O–H groups in total. The quantitative estimate of drug-likeness (QED) is 0.714. The molecule has 6 nitrogen and oxygen atoms in total. The lowest BCUT2D eigenvalue weighted by Crippen LogP contribution is -2.15. The molecule has 0 aliphatic heterocycles. The Morgan fingerprint density at radius 1 is 1.64 bits per heavy atom. The predicted octanol–water partition coefficient (Wildman–Crippen LogP) is 0.0683. The molecule has 0 aliphatic carbocycles. The molecule has 76 valence electrons. The van der Waals surface area contributed by atoms with Gasteiger partial charge in [-0.05, 0) is 13.8 Å². The zero-order valence-corrected chi connectivity index (χ0v) is 7.89. The summed E-state index contributed by atoms with van der Waals surface area (Å²) in [5.74, 6) is -1.19. The van der Waals surface area contributed by atoms with Crippen molar-refractivity contribution in [1.29, 1.82) is 0 Å². The molecule has 14 heavy (non-hydrogen) atoms. The molecule has 0 unspecified atom stereocenters. The number of hydrogen-bond donors (Lipinski definition) is 2. The van der Waals surface area contributed by atoms with Crippen molar-refractivity contribution in [1.82, 2.24) is 9.97 Å². The van der Waals surface area contributed by atoms with Crippen molar-refractivity contribution in [2.24, 2.45) is 5.73 Å². The van der Waals surface area contributed by atoms with Crippen molar-refractivity contribution in [3.8, 4) is 11.8 Å². The maximum absolute atomic E-state index is 10.7. The van der Waals surface area contributed by atoms with E-state index < -0.39 is 11.8 Å². The van der Waals surface area contributed by atoms with Crippen LogP contribution in [0.1, 0.15) is 24.3 Å². The van der Waals surface area contributed by atoms with Crippen LogP contribution < -0.4 is 10.5 Å². The highest BCUT2D eigenvalue weighted by atomic mass is 16.5. The lowest BCUT2D eigenvalue weighted by atomic mass is 10.4. The maximum Gasteiger partial charge on any atom is 0.272 e. The summed E-state index contributed by atoms with van der Waals surface area (Å²) in [6.45, 7) is 3.61. The number of nitrogens with zero attached hydrogens (tertiary/aromatic N) is 2. The number of aromatic hydroxyl groups is 1. The van der Waals surface area contributed by atoms with Gasteiger partial charge < -0.3 is 15.6 Å². The number of rotatable bonds is 3. The van der Waals surface area contributed by atoms with E-state index in [-0.39, 0.29) is 17.7 Å². The van der Waals surface area contributed by atoms with E-state index in [1.54, 1.807) is 13.8 Å². The molecule has 6 heteroatoms. The Morgan fingerprint density at radius 3 is 2.71 bits per heavy atom. The lowest BCUT2D eigenvalue weighted by Gasteiger charge is -2.08. The van der Waals surface area contributed by atoms with E-state index in [1.165, 1.54) is 6.20 Å². The molecule has 1 aromatic heterocycles. The number of carbonyl (C=O) groups is 1. The predicted molar refractivity (Wildman–Crippen MR) is 48.0 cm³/mol. The van der Waals surface area contributed by atoms with Crippen molar-refractivity contribution < 1.29 is 14.6 Å². The van der Waals surface area contributed by atoms with E-state index in [9.17, 15) is 9.90 Å². The fourth-order valence-electron chi connectivity index (χ4n) is 0.836. The van der Waals surface area contributed by atoms with Gasteiger partial charge in [0, 0.05) is 0 Å². The second-order valence-corrected chi connectivity index (χ2v) is 2.91. The average Bonchev–Trinajstić information content (AvgIpc) is 2.01. The van der Waals surface area contributed by atoms with Gasteiger partial charge in [-0.1, -0.05) is 0 Å². The van der Waals surface area contributed by atoms with Gasteiger partial charge in [-0.15, -0.1) is 0 Å². The minimum Gasteiger partial charge on any atom is -0.492 e. The van der Waals surface area contributed by atoms with Gasteiger partial charge >= 0.3 is 0 Å². The van der Waals surface area contributed by atoms with Gasteiger partial charge in [0.1, 0.15) is 0 Å². The second-order valence-electron chi connectivity index (χ2n) is 2.91. The molecule has 1 amide bonds. The Hall–Kier alpha value is -1.85. The van der Waals surface area contributed by atoms with Crippen LogP contribution in [0.3, 0.4) is 0 Å². The first-order chi connectivity index (χ1) is 6.50. The first-order valence-electron chi connectivity index (χ1n) is 4.03. The van der Waals surface area contributed by atoms with Crippen LogP contribution in [-0.4, -0.2) is 27.1 Å². The van der Waals surface area contributed by atoms with E-state index in [4.69, 9.17) is 10.5 Å². The first-order valence-corrected chi connectivity index (χ1v) is 4.03. The zero-order valence-electron chi connectivity index (χ0n) is 7.89. The second kappa shape index (κ2) is 3.91. The minimum absolute atomic E-state index is 0.0804. The summed E-state index contributed by atoms with van der Waals surface area (Å²) in [5.41, 5.74) is 4.66. The largest absolute Gasteiger partial charge is 0.492 e. The monoisotopic (exact) mass is 197 g/mol. The maximum atomic E-state index is 10.7. The zero-order chi connectivity index (χ0) is 10.7. The SMILES string of the molecule is CC(C)Oc1cnc(C(N)=O)c(O)n1. The molecule has 0 atom stereocenters. The number of ether oxygens (including phenoxy) is 1. The third-order valence-corrected chi connectivity index (χ3v) is 1.32. The number of carbonyl (C=O) groups excluding carboxylic acids is 1. The van der Waals surface area contributed by atoms with Crippen LogP contribution in [-0.2, 0) is 0 Å². The van der Waals surface area contributed by atoms with E-state index in [0.717, 1.165) is 0 Å². The minimum atomic E-state index is -0.828. The van der Waals surface area contributed by atoms with Gasteiger partial charge in [0.05, 0.1) is 12.3 Å². The smallest absolute Gasteiger partial charge is 0.272 e. The van der Waals surface area contributed by atoms with E-state index in [2.05, 4.69) is 9.97 Å². The van der Waals surface area contributed by atoms with Crippen LogP contribution in [0.4, 0.5) is 0 Å². The summed E-state index contributed by atoms with van der Waals surface area (Å²) >= 11 is 0. The van der Waals surface area contributed by atoms with Crippen LogP contribution in [0.25, 0.3) is 0 Å². The topological polar surface area (TPSA) is 98.3 Å². The number of amides is 1. The lowest BCUT2D eigenvalue weighted by molar-refractivity contribution is 0.0991. The number of hydrogen-bond acceptors (Lipinski definition) is 5. The van der Waals surface area contributed by atoms with Crippen LogP contribution in [0.15, 0.2) is 6.20 Å². The molecule has 0 aromatic carbocycles. The van der Waals surface area contributed by atoms with Crippen LogP contribution in [0.2, 0.25) is 0 Å². The number of nitrogens with two attached hydrogens (primary N) is 1. The molecule has 1 aromatic rings. The van der Waals surface area contributed by atoms with E-state index in [0.29, 0.717) is 0 Å². The van der Waals surface area contributed by atoms with Crippen LogP contribution in [0.5, 0.6) is 11.8 Å². The van der Waals surface area contributed by atoms with Crippen LogP contribution >= 0.6 is 0 Å². The Labute approximate surface area is 80.7 Å². The molecule has 1 rings (SSSR count). The Bertz CT molecular complexity index is 352. The van der Waals surface area contributed by atoms with Gasteiger partial charge in [-0.2, -0.15) is 4.98 Å². The van der Waals surface area contributed by atoms with Gasteiger partial charge in [-0.3, -0.25) is 4.79 Å². The third kappa shape index (κ3) is 2.32. The highest BCUT2D eigenvalue weighted by Gasteiger charge is 2.12. The van der Waals surface area contributed by atoms with Crippen molar-refractivity contribution in [3.05, 3.63) is 11.9 Å². The molecule has 1 heterocycles. The molecule has 0 spiro atoms. The van der Waals surface area contributed by atoms with Gasteiger partial charge in [0.15, 0.2) is 5.69 Å². The molecular formula is C8H11N3O3. The average molecular weight is 197 g/mol. The fraction of sp³-hybridized carbons (Fsp3) is 0.375.